The third-order valence-electron chi connectivity index (χ3n) is 0.543. The number of nitriles is 2. The van der Waals surface area contributed by atoms with Crippen LogP contribution in [0.25, 0.3) is 0 Å². The molecule has 10 heavy (non-hydrogen) atoms. The van der Waals surface area contributed by atoms with Crippen LogP contribution in [0.15, 0.2) is 0 Å². The quantitative estimate of drug-likeness (QED) is 0.405. The first-order chi connectivity index (χ1) is 4.91. The zero-order valence-electron chi connectivity index (χ0n) is 5.13. The van der Waals surface area contributed by atoms with Crippen molar-refractivity contribution < 1.29 is 0 Å². The van der Waals surface area contributed by atoms with E-state index in [2.05, 4.69) is 21.8 Å². The second-order valence-electron chi connectivity index (χ2n) is 1.11. The van der Waals surface area contributed by atoms with Crippen molar-refractivity contribution in [3.63, 3.8) is 0 Å². The maximum absolute atomic E-state index is 8.13. The minimum atomic E-state index is 0.0205. The average molecular weight is 262 g/mol. The van der Waals surface area contributed by atoms with Gasteiger partial charge in [-0.1, -0.05) is 0 Å². The molecule has 0 atom stereocenters. The van der Waals surface area contributed by atoms with E-state index in [0.29, 0.717) is 10.6 Å². The van der Waals surface area contributed by atoms with Gasteiger partial charge in [-0.25, -0.2) is 0 Å². The number of nitrogens with zero attached hydrogens (tertiary/aromatic N) is 2. The Morgan fingerprint density at radius 1 is 0.900 bits per heavy atom. The molecule has 0 saturated heterocycles. The van der Waals surface area contributed by atoms with Gasteiger partial charge >= 0.3 is 72.9 Å². The molecule has 0 aliphatic rings. The molecule has 2 nitrogen and oxygen atoms in total. The van der Waals surface area contributed by atoms with Gasteiger partial charge in [0.05, 0.1) is 0 Å². The molecule has 0 fully saturated rings. The third kappa shape index (κ3) is 7.58. The first kappa shape index (κ1) is 9.58. The monoisotopic (exact) mass is 264 g/mol. The van der Waals surface area contributed by atoms with Gasteiger partial charge in [0.15, 0.2) is 0 Å². The van der Waals surface area contributed by atoms with Crippen LogP contribution >= 0.6 is 0 Å². The summed E-state index contributed by atoms with van der Waals surface area (Å²) in [6, 6.07) is 0. The van der Waals surface area contributed by atoms with Gasteiger partial charge in [0, 0.05) is 0 Å². The summed E-state index contributed by atoms with van der Waals surface area (Å²) in [6.45, 7) is 0. The normalized spacial score (nSPS) is 6.60. The van der Waals surface area contributed by atoms with Crippen LogP contribution in [0.2, 0.25) is 10.6 Å². The van der Waals surface area contributed by atoms with Crippen LogP contribution in [0.1, 0.15) is 0 Å². The second kappa shape index (κ2) is 8.58. The topological polar surface area (TPSA) is 47.6 Å². The van der Waals surface area contributed by atoms with Crippen LogP contribution in [0.4, 0.5) is 0 Å². The third-order valence-corrected chi connectivity index (χ3v) is 2.30. The van der Waals surface area contributed by atoms with Gasteiger partial charge in [-0.2, -0.15) is 0 Å². The van der Waals surface area contributed by atoms with Crippen molar-refractivity contribution in [1.82, 2.24) is 0 Å². The number of hydrogen-bond acceptors (Lipinski definition) is 2. The van der Waals surface area contributed by atoms with Crippen LogP contribution in [0.3, 0.4) is 0 Å². The molecule has 0 unspecified atom stereocenters. The molecular weight excluding hydrogens is 258 g/mol. The standard InChI is InChI=1S/C6H4N2Se2/c7-5-9-3-1-2-4-10-6-8/h3-4H2. The van der Waals surface area contributed by atoms with Gasteiger partial charge in [-0.15, -0.1) is 0 Å². The first-order valence-electron chi connectivity index (χ1n) is 2.39. The minimum absolute atomic E-state index is 0.0205. The molecule has 50 valence electrons. The molecule has 0 aliphatic heterocycles. The van der Waals surface area contributed by atoms with E-state index < -0.39 is 0 Å². The van der Waals surface area contributed by atoms with E-state index >= 15 is 0 Å². The molecule has 0 bridgehead atoms. The van der Waals surface area contributed by atoms with Gasteiger partial charge in [-0.05, 0) is 0 Å². The second-order valence-corrected chi connectivity index (χ2v) is 4.30. The van der Waals surface area contributed by atoms with Crippen LogP contribution in [0, 0.1) is 32.3 Å². The molecule has 0 aromatic carbocycles. The van der Waals surface area contributed by atoms with E-state index in [9.17, 15) is 0 Å². The van der Waals surface area contributed by atoms with E-state index in [1.807, 2.05) is 0 Å². The molecule has 0 aromatic heterocycles. The van der Waals surface area contributed by atoms with Crippen molar-refractivity contribution in [2.45, 2.75) is 10.6 Å². The molecule has 0 N–H and O–H groups in total. The van der Waals surface area contributed by atoms with E-state index in [1.54, 1.807) is 0 Å². The zero-order valence-corrected chi connectivity index (χ0v) is 8.55. The summed E-state index contributed by atoms with van der Waals surface area (Å²) < 4.78 is 0. The summed E-state index contributed by atoms with van der Waals surface area (Å²) in [5.74, 6) is 5.68. The van der Waals surface area contributed by atoms with E-state index in [-0.39, 0.29) is 29.9 Å². The zero-order chi connectivity index (χ0) is 7.66. The Kier molecular flexibility index (Phi) is 8.22. The fourth-order valence-corrected chi connectivity index (χ4v) is 1.24. The fourth-order valence-electron chi connectivity index (χ4n) is 0.239. The molecule has 0 heterocycles. The van der Waals surface area contributed by atoms with Gasteiger partial charge in [0.2, 0.25) is 0 Å². The molecule has 0 aromatic rings. The summed E-state index contributed by atoms with van der Waals surface area (Å²) >= 11 is 0.0410. The summed E-state index contributed by atoms with van der Waals surface area (Å²) in [4.78, 5) is 4.12. The van der Waals surface area contributed by atoms with Crippen LogP contribution in [-0.4, -0.2) is 29.9 Å². The molecule has 0 spiro atoms. The first-order valence-corrected chi connectivity index (χ1v) is 6.53. The molecule has 0 rings (SSSR count). The summed E-state index contributed by atoms with van der Waals surface area (Å²) in [5.41, 5.74) is 0. The Morgan fingerprint density at radius 3 is 1.60 bits per heavy atom. The van der Waals surface area contributed by atoms with Crippen molar-refractivity contribution in [3.8, 4) is 21.8 Å². The number of hydrogen-bond donors (Lipinski definition) is 0. The van der Waals surface area contributed by atoms with E-state index in [0.717, 1.165) is 0 Å². The average Bonchev–Trinajstić information content (AvgIpc) is 1.97. The molecule has 0 radical (unpaired) electrons. The van der Waals surface area contributed by atoms with Gasteiger partial charge < -0.3 is 0 Å². The van der Waals surface area contributed by atoms with Crippen LogP contribution in [-0.2, 0) is 0 Å². The van der Waals surface area contributed by atoms with Crippen molar-refractivity contribution in [3.05, 3.63) is 0 Å². The summed E-state index contributed by atoms with van der Waals surface area (Å²) in [7, 11) is 0. The summed E-state index contributed by atoms with van der Waals surface area (Å²) in [5, 5.41) is 17.7. The Balaban J connectivity index is 3.18. The van der Waals surface area contributed by atoms with E-state index in [1.165, 1.54) is 0 Å². The summed E-state index contributed by atoms with van der Waals surface area (Å²) in [6.07, 6.45) is 0. The van der Waals surface area contributed by atoms with Gasteiger partial charge in [-0.3, -0.25) is 0 Å². The van der Waals surface area contributed by atoms with Crippen molar-refractivity contribution in [2.75, 3.05) is 0 Å². The molecule has 0 aliphatic carbocycles. The van der Waals surface area contributed by atoms with Crippen LogP contribution < -0.4 is 0 Å². The van der Waals surface area contributed by atoms with Crippen LogP contribution in [0.5, 0.6) is 0 Å². The molecule has 4 heteroatoms. The number of rotatable bonds is 2. The van der Waals surface area contributed by atoms with Gasteiger partial charge in [0.1, 0.15) is 0 Å². The SMILES string of the molecule is N#C[Se]CC#CC[Se]C#N. The van der Waals surface area contributed by atoms with Crippen molar-refractivity contribution in [1.29, 1.82) is 10.5 Å². The Morgan fingerprint density at radius 2 is 1.30 bits per heavy atom. The van der Waals surface area contributed by atoms with E-state index in [4.69, 9.17) is 10.5 Å². The predicted molar refractivity (Wildman–Crippen MR) is 40.1 cm³/mol. The fraction of sp³-hybridized carbons (Fsp3) is 0.333. The molecular formula is C6H4N2Se2. The van der Waals surface area contributed by atoms with Gasteiger partial charge in [0.25, 0.3) is 0 Å². The maximum atomic E-state index is 8.13. The molecule has 0 amide bonds. The molecule has 0 saturated carbocycles. The van der Waals surface area contributed by atoms with Crippen molar-refractivity contribution >= 4 is 29.9 Å². The Labute approximate surface area is 72.9 Å². The predicted octanol–water partition coefficient (Wildman–Crippen LogP) is 0.197. The Bertz CT molecular complexity index is 191. The Hall–Kier alpha value is -0.421. The van der Waals surface area contributed by atoms with Crippen molar-refractivity contribution in [2.24, 2.45) is 0 Å².